The van der Waals surface area contributed by atoms with E-state index in [2.05, 4.69) is 11.9 Å². The molecule has 2 aromatic rings. The second-order valence-corrected chi connectivity index (χ2v) is 6.69. The maximum atomic E-state index is 12.4. The summed E-state index contributed by atoms with van der Waals surface area (Å²) < 4.78 is 16.8. The Morgan fingerprint density at radius 2 is 1.78 bits per heavy atom. The van der Waals surface area contributed by atoms with E-state index in [-0.39, 0.29) is 12.0 Å². The van der Waals surface area contributed by atoms with Crippen LogP contribution in [0, 0.1) is 0 Å². The van der Waals surface area contributed by atoms with Crippen LogP contribution >= 0.6 is 0 Å². The first-order valence-electron chi connectivity index (χ1n) is 9.13. The van der Waals surface area contributed by atoms with Crippen LogP contribution in [0.3, 0.4) is 0 Å². The zero-order chi connectivity index (χ0) is 19.1. The molecule has 0 saturated carbocycles. The predicted octanol–water partition coefficient (Wildman–Crippen LogP) is 4.45. The van der Waals surface area contributed by atoms with Crippen molar-refractivity contribution < 1.29 is 19.0 Å². The van der Waals surface area contributed by atoms with Gasteiger partial charge in [0.15, 0.2) is 0 Å². The molecule has 1 heterocycles. The molecule has 1 atom stereocenters. The highest BCUT2D eigenvalue weighted by Crippen LogP contribution is 2.19. The summed E-state index contributed by atoms with van der Waals surface area (Å²) in [4.78, 5) is 12.4. The topological polar surface area (TPSA) is 56.8 Å². The second-order valence-electron chi connectivity index (χ2n) is 6.69. The zero-order valence-electron chi connectivity index (χ0n) is 15.6. The molecule has 0 unspecified atom stereocenters. The van der Waals surface area contributed by atoms with Gasteiger partial charge in [-0.1, -0.05) is 6.58 Å². The molecule has 5 heteroatoms. The highest BCUT2D eigenvalue weighted by atomic mass is 16.5. The molecule has 1 N–H and O–H groups in total. The Morgan fingerprint density at radius 3 is 2.41 bits per heavy atom. The first-order valence-corrected chi connectivity index (χ1v) is 9.13. The number of carbonyl (C=O) groups excluding carboxylic acids is 1. The van der Waals surface area contributed by atoms with Crippen LogP contribution in [0.2, 0.25) is 0 Å². The highest BCUT2D eigenvalue weighted by Gasteiger charge is 2.16. The van der Waals surface area contributed by atoms with Gasteiger partial charge < -0.3 is 19.5 Å². The number of carbonyl (C=O) groups is 1. The van der Waals surface area contributed by atoms with Crippen molar-refractivity contribution in [2.24, 2.45) is 0 Å². The molecule has 3 rings (SSSR count). The summed E-state index contributed by atoms with van der Waals surface area (Å²) in [6, 6.07) is 14.4. The molecular weight excluding hydrogens is 342 g/mol. The van der Waals surface area contributed by atoms with E-state index in [1.54, 1.807) is 24.3 Å². The van der Waals surface area contributed by atoms with Crippen LogP contribution in [0.5, 0.6) is 11.5 Å². The third-order valence-electron chi connectivity index (χ3n) is 4.17. The maximum absolute atomic E-state index is 12.4. The van der Waals surface area contributed by atoms with Gasteiger partial charge in [0.2, 0.25) is 0 Å². The van der Waals surface area contributed by atoms with Gasteiger partial charge in [-0.25, -0.2) is 0 Å². The Labute approximate surface area is 159 Å². The Balaban J connectivity index is 1.50. The van der Waals surface area contributed by atoms with Gasteiger partial charge in [0.05, 0.1) is 6.10 Å². The van der Waals surface area contributed by atoms with Crippen LogP contribution < -0.4 is 14.8 Å². The van der Waals surface area contributed by atoms with E-state index in [9.17, 15) is 4.79 Å². The van der Waals surface area contributed by atoms with Gasteiger partial charge >= 0.3 is 0 Å². The summed E-state index contributed by atoms with van der Waals surface area (Å²) in [5, 5.41) is 2.88. The summed E-state index contributed by atoms with van der Waals surface area (Å²) >= 11 is 0. The van der Waals surface area contributed by atoms with Crippen molar-refractivity contribution in [3.8, 4) is 11.5 Å². The molecule has 1 aliphatic rings. The monoisotopic (exact) mass is 367 g/mol. The van der Waals surface area contributed by atoms with E-state index >= 15 is 0 Å². The molecule has 142 valence electrons. The molecular formula is C22H25NO4. The van der Waals surface area contributed by atoms with Crippen molar-refractivity contribution in [1.29, 1.82) is 0 Å². The minimum atomic E-state index is -0.172. The van der Waals surface area contributed by atoms with Gasteiger partial charge in [0.1, 0.15) is 24.7 Å². The van der Waals surface area contributed by atoms with Gasteiger partial charge in [0, 0.05) is 17.9 Å². The van der Waals surface area contributed by atoms with Crippen molar-refractivity contribution >= 4 is 11.6 Å². The minimum absolute atomic E-state index is 0.172. The predicted molar refractivity (Wildman–Crippen MR) is 106 cm³/mol. The fraction of sp³-hybridized carbons (Fsp3) is 0.318. The van der Waals surface area contributed by atoms with E-state index in [4.69, 9.17) is 14.2 Å². The van der Waals surface area contributed by atoms with Crippen LogP contribution in [0.1, 0.15) is 30.1 Å². The van der Waals surface area contributed by atoms with Crippen LogP contribution in [0.25, 0.3) is 0 Å². The average molecular weight is 367 g/mol. The van der Waals surface area contributed by atoms with Crippen LogP contribution in [-0.4, -0.2) is 31.8 Å². The Bertz CT molecular complexity index is 762. The molecule has 5 nitrogen and oxygen atoms in total. The van der Waals surface area contributed by atoms with Crippen LogP contribution in [0.4, 0.5) is 5.69 Å². The first-order chi connectivity index (χ1) is 13.1. The smallest absolute Gasteiger partial charge is 0.255 e. The maximum Gasteiger partial charge on any atom is 0.255 e. The number of nitrogens with one attached hydrogen (secondary N) is 1. The van der Waals surface area contributed by atoms with Crippen molar-refractivity contribution in [1.82, 2.24) is 0 Å². The number of hydrogen-bond acceptors (Lipinski definition) is 4. The molecule has 1 aliphatic heterocycles. The van der Waals surface area contributed by atoms with Gasteiger partial charge in [-0.2, -0.15) is 0 Å². The summed E-state index contributed by atoms with van der Waals surface area (Å²) in [6.07, 6.45) is 2.33. The lowest BCUT2D eigenvalue weighted by Crippen LogP contribution is -2.16. The molecule has 0 spiro atoms. The summed E-state index contributed by atoms with van der Waals surface area (Å²) in [7, 11) is 0. The average Bonchev–Trinajstić information content (AvgIpc) is 3.20. The van der Waals surface area contributed by atoms with Gasteiger partial charge in [-0.3, -0.25) is 4.79 Å². The molecule has 0 bridgehead atoms. The number of ether oxygens (including phenoxy) is 3. The molecule has 0 aliphatic carbocycles. The molecule has 1 amide bonds. The standard InChI is InChI=1S/C22H25NO4/c1-16(2)14-26-19-9-5-17(6-10-19)22(24)23-18-7-11-20(12-8-18)27-15-21-4-3-13-25-21/h5-12,21H,1,3-4,13-15H2,2H3,(H,23,24)/t21-/m0/s1. The Hall–Kier alpha value is -2.79. The van der Waals surface area contributed by atoms with E-state index < -0.39 is 0 Å². The van der Waals surface area contributed by atoms with Gasteiger partial charge in [-0.05, 0) is 73.9 Å². The lowest BCUT2D eigenvalue weighted by Gasteiger charge is -2.12. The molecule has 0 radical (unpaired) electrons. The molecule has 2 aromatic carbocycles. The van der Waals surface area contributed by atoms with E-state index in [1.165, 1.54) is 0 Å². The molecule has 27 heavy (non-hydrogen) atoms. The minimum Gasteiger partial charge on any atom is -0.491 e. The molecule has 1 fully saturated rings. The van der Waals surface area contributed by atoms with Crippen molar-refractivity contribution in [3.05, 3.63) is 66.2 Å². The summed E-state index contributed by atoms with van der Waals surface area (Å²) in [5.41, 5.74) is 2.23. The van der Waals surface area contributed by atoms with Gasteiger partial charge in [-0.15, -0.1) is 0 Å². The van der Waals surface area contributed by atoms with E-state index in [0.29, 0.717) is 30.2 Å². The summed E-state index contributed by atoms with van der Waals surface area (Å²) in [5.74, 6) is 1.30. The fourth-order valence-electron chi connectivity index (χ4n) is 2.71. The van der Waals surface area contributed by atoms with Crippen LogP contribution in [0.15, 0.2) is 60.7 Å². The third kappa shape index (κ3) is 5.86. The SMILES string of the molecule is C=C(C)COc1ccc(C(=O)Nc2ccc(OC[C@@H]3CCCO3)cc2)cc1. The Kier molecular flexibility index (Phi) is 6.49. The zero-order valence-corrected chi connectivity index (χ0v) is 15.6. The fourth-order valence-corrected chi connectivity index (χ4v) is 2.71. The molecule has 1 saturated heterocycles. The first kappa shape index (κ1) is 19.0. The number of anilines is 1. The van der Waals surface area contributed by atoms with Crippen molar-refractivity contribution in [2.45, 2.75) is 25.9 Å². The van der Waals surface area contributed by atoms with Crippen LogP contribution in [-0.2, 0) is 4.74 Å². The second kappa shape index (κ2) is 9.24. The summed E-state index contributed by atoms with van der Waals surface area (Å²) in [6.45, 7) is 7.55. The van der Waals surface area contributed by atoms with Crippen molar-refractivity contribution in [3.63, 3.8) is 0 Å². The highest BCUT2D eigenvalue weighted by molar-refractivity contribution is 6.04. The number of hydrogen-bond donors (Lipinski definition) is 1. The quantitative estimate of drug-likeness (QED) is 0.700. The Morgan fingerprint density at radius 1 is 1.11 bits per heavy atom. The number of benzene rings is 2. The van der Waals surface area contributed by atoms with Gasteiger partial charge in [0.25, 0.3) is 5.91 Å². The number of amides is 1. The lowest BCUT2D eigenvalue weighted by atomic mass is 10.2. The third-order valence-corrected chi connectivity index (χ3v) is 4.17. The van der Waals surface area contributed by atoms with E-state index in [1.807, 2.05) is 31.2 Å². The lowest BCUT2D eigenvalue weighted by molar-refractivity contribution is 0.0679. The normalized spacial score (nSPS) is 16.0. The number of rotatable bonds is 8. The largest absolute Gasteiger partial charge is 0.491 e. The molecule has 0 aromatic heterocycles. The van der Waals surface area contributed by atoms with Crippen molar-refractivity contribution in [2.75, 3.05) is 25.1 Å². The van der Waals surface area contributed by atoms with E-state index in [0.717, 1.165) is 30.8 Å².